The van der Waals surface area contributed by atoms with Crippen LogP contribution in [0.4, 0.5) is 5.69 Å². The number of likely N-dealkylation sites (N-methyl/N-ethyl adjacent to an activating group) is 1. The standard InChI is InChI=1S/C13H20N2O2S/c1-4-10-11(8-18-12(10)13(16)17)15-6-5-14(3)9(2)7-15/h8-9H,4-7H2,1-3H3,(H,16,17). The molecule has 1 saturated heterocycles. The Morgan fingerprint density at radius 3 is 2.83 bits per heavy atom. The largest absolute Gasteiger partial charge is 0.477 e. The summed E-state index contributed by atoms with van der Waals surface area (Å²) in [4.78, 5) is 16.3. The Hall–Kier alpha value is -1.07. The highest BCUT2D eigenvalue weighted by molar-refractivity contribution is 7.12. The zero-order valence-electron chi connectivity index (χ0n) is 11.1. The normalized spacial score (nSPS) is 21.3. The molecule has 0 aliphatic carbocycles. The van der Waals surface area contributed by atoms with Gasteiger partial charge in [-0.2, -0.15) is 0 Å². The van der Waals surface area contributed by atoms with Gasteiger partial charge in [0.25, 0.3) is 0 Å². The van der Waals surface area contributed by atoms with Crippen molar-refractivity contribution in [1.82, 2.24) is 4.90 Å². The van der Waals surface area contributed by atoms with Crippen LogP contribution in [0.25, 0.3) is 0 Å². The van der Waals surface area contributed by atoms with E-state index in [1.165, 1.54) is 11.3 Å². The van der Waals surface area contributed by atoms with Crippen molar-refractivity contribution in [3.05, 3.63) is 15.8 Å². The second-order valence-corrected chi connectivity index (χ2v) is 5.74. The van der Waals surface area contributed by atoms with E-state index in [1.54, 1.807) is 0 Å². The molecule has 1 fully saturated rings. The van der Waals surface area contributed by atoms with Crippen molar-refractivity contribution in [2.24, 2.45) is 0 Å². The van der Waals surface area contributed by atoms with Gasteiger partial charge in [0.1, 0.15) is 4.88 Å². The van der Waals surface area contributed by atoms with Crippen LogP contribution in [0.3, 0.4) is 0 Å². The number of carboxylic acids is 1. The third-order valence-corrected chi connectivity index (χ3v) is 4.72. The minimum atomic E-state index is -0.801. The summed E-state index contributed by atoms with van der Waals surface area (Å²) in [5.74, 6) is -0.801. The van der Waals surface area contributed by atoms with Crippen molar-refractivity contribution in [2.75, 3.05) is 31.6 Å². The van der Waals surface area contributed by atoms with E-state index in [0.29, 0.717) is 10.9 Å². The van der Waals surface area contributed by atoms with Crippen LogP contribution in [0.5, 0.6) is 0 Å². The number of hydrogen-bond donors (Lipinski definition) is 1. The average molecular weight is 268 g/mol. The predicted molar refractivity (Wildman–Crippen MR) is 75.0 cm³/mol. The lowest BCUT2D eigenvalue weighted by Gasteiger charge is -2.39. The molecular formula is C13H20N2O2S. The number of aromatic carboxylic acids is 1. The van der Waals surface area contributed by atoms with Gasteiger partial charge in [-0.1, -0.05) is 6.92 Å². The van der Waals surface area contributed by atoms with Gasteiger partial charge in [0.2, 0.25) is 0 Å². The number of anilines is 1. The summed E-state index contributed by atoms with van der Waals surface area (Å²) in [6.45, 7) is 7.21. The maximum Gasteiger partial charge on any atom is 0.346 e. The van der Waals surface area contributed by atoms with Crippen molar-refractivity contribution in [1.29, 1.82) is 0 Å². The van der Waals surface area contributed by atoms with Gasteiger partial charge >= 0.3 is 5.97 Å². The van der Waals surface area contributed by atoms with Crippen LogP contribution in [0.1, 0.15) is 29.1 Å². The summed E-state index contributed by atoms with van der Waals surface area (Å²) in [5, 5.41) is 11.2. The monoisotopic (exact) mass is 268 g/mol. The van der Waals surface area contributed by atoms with Crippen molar-refractivity contribution >= 4 is 23.0 Å². The molecule has 5 heteroatoms. The van der Waals surface area contributed by atoms with E-state index >= 15 is 0 Å². The van der Waals surface area contributed by atoms with E-state index in [2.05, 4.69) is 23.8 Å². The number of nitrogens with zero attached hydrogens (tertiary/aromatic N) is 2. The van der Waals surface area contributed by atoms with Gasteiger partial charge in [0.05, 0.1) is 5.69 Å². The van der Waals surface area contributed by atoms with Gasteiger partial charge in [-0.25, -0.2) is 4.79 Å². The molecule has 0 aromatic carbocycles. The molecule has 4 nitrogen and oxygen atoms in total. The van der Waals surface area contributed by atoms with Crippen LogP contribution in [-0.4, -0.2) is 48.7 Å². The zero-order chi connectivity index (χ0) is 13.3. The van der Waals surface area contributed by atoms with Gasteiger partial charge in [-0.15, -0.1) is 11.3 Å². The molecule has 1 aliphatic rings. The Morgan fingerprint density at radius 2 is 2.28 bits per heavy atom. The summed E-state index contributed by atoms with van der Waals surface area (Å²) in [6.07, 6.45) is 0.779. The minimum absolute atomic E-state index is 0.499. The number of rotatable bonds is 3. The fourth-order valence-electron chi connectivity index (χ4n) is 2.43. The number of carbonyl (C=O) groups is 1. The molecule has 1 aromatic heterocycles. The van der Waals surface area contributed by atoms with Gasteiger partial charge in [0, 0.05) is 36.6 Å². The molecular weight excluding hydrogens is 248 g/mol. The van der Waals surface area contributed by atoms with E-state index in [-0.39, 0.29) is 0 Å². The Kier molecular flexibility index (Phi) is 3.92. The quantitative estimate of drug-likeness (QED) is 0.912. The SMILES string of the molecule is CCc1c(N2CCN(C)C(C)C2)csc1C(=O)O. The first kappa shape index (κ1) is 13.4. The van der Waals surface area contributed by atoms with E-state index < -0.39 is 5.97 Å². The maximum absolute atomic E-state index is 11.2. The topological polar surface area (TPSA) is 43.8 Å². The zero-order valence-corrected chi connectivity index (χ0v) is 12.0. The highest BCUT2D eigenvalue weighted by atomic mass is 32.1. The molecule has 0 saturated carbocycles. The first-order chi connectivity index (χ1) is 8.54. The lowest BCUT2D eigenvalue weighted by molar-refractivity contribution is 0.0701. The van der Waals surface area contributed by atoms with Crippen molar-refractivity contribution in [3.8, 4) is 0 Å². The molecule has 1 atom stereocenters. The summed E-state index contributed by atoms with van der Waals surface area (Å²) >= 11 is 1.35. The van der Waals surface area contributed by atoms with Crippen molar-refractivity contribution in [3.63, 3.8) is 0 Å². The Bertz CT molecular complexity index is 444. The van der Waals surface area contributed by atoms with Crippen molar-refractivity contribution in [2.45, 2.75) is 26.3 Å². The van der Waals surface area contributed by atoms with Gasteiger partial charge in [-0.3, -0.25) is 0 Å². The van der Waals surface area contributed by atoms with Crippen LogP contribution in [0.15, 0.2) is 5.38 Å². The molecule has 0 bridgehead atoms. The van der Waals surface area contributed by atoms with E-state index in [4.69, 9.17) is 0 Å². The second kappa shape index (κ2) is 5.28. The lowest BCUT2D eigenvalue weighted by Crippen LogP contribution is -2.50. The molecule has 1 aromatic rings. The summed E-state index contributed by atoms with van der Waals surface area (Å²) in [6, 6.07) is 0.511. The van der Waals surface area contributed by atoms with Crippen LogP contribution in [0, 0.1) is 0 Å². The van der Waals surface area contributed by atoms with E-state index in [9.17, 15) is 9.90 Å². The third-order valence-electron chi connectivity index (χ3n) is 3.72. The predicted octanol–water partition coefficient (Wildman–Crippen LogP) is 2.15. The molecule has 100 valence electrons. The van der Waals surface area contributed by atoms with Crippen LogP contribution in [0.2, 0.25) is 0 Å². The summed E-state index contributed by atoms with van der Waals surface area (Å²) < 4.78 is 0. The number of carboxylic acid groups (broad SMARTS) is 1. The first-order valence-electron chi connectivity index (χ1n) is 6.33. The second-order valence-electron chi connectivity index (χ2n) is 4.86. The fraction of sp³-hybridized carbons (Fsp3) is 0.615. The number of piperazine rings is 1. The highest BCUT2D eigenvalue weighted by Crippen LogP contribution is 2.32. The van der Waals surface area contributed by atoms with Gasteiger partial charge in [0.15, 0.2) is 0 Å². The molecule has 0 amide bonds. The highest BCUT2D eigenvalue weighted by Gasteiger charge is 2.25. The smallest absolute Gasteiger partial charge is 0.346 e. The third kappa shape index (κ3) is 2.37. The van der Waals surface area contributed by atoms with Gasteiger partial charge < -0.3 is 14.9 Å². The fourth-order valence-corrected chi connectivity index (χ4v) is 3.44. The van der Waals surface area contributed by atoms with E-state index in [1.807, 2.05) is 12.3 Å². The molecule has 0 spiro atoms. The van der Waals surface area contributed by atoms with Crippen LogP contribution >= 0.6 is 11.3 Å². The first-order valence-corrected chi connectivity index (χ1v) is 7.21. The van der Waals surface area contributed by atoms with Crippen molar-refractivity contribution < 1.29 is 9.90 Å². The molecule has 1 aliphatic heterocycles. The Labute approximate surface area is 112 Å². The molecule has 2 heterocycles. The number of thiophene rings is 1. The summed E-state index contributed by atoms with van der Waals surface area (Å²) in [5.41, 5.74) is 2.11. The lowest BCUT2D eigenvalue weighted by atomic mass is 10.1. The Balaban J connectivity index is 2.26. The molecule has 1 N–H and O–H groups in total. The van der Waals surface area contributed by atoms with E-state index in [0.717, 1.165) is 37.3 Å². The summed E-state index contributed by atoms with van der Waals surface area (Å²) in [7, 11) is 2.14. The molecule has 0 radical (unpaired) electrons. The molecule has 1 unspecified atom stereocenters. The van der Waals surface area contributed by atoms with Crippen LogP contribution < -0.4 is 4.90 Å². The van der Waals surface area contributed by atoms with Gasteiger partial charge in [-0.05, 0) is 20.4 Å². The molecule has 18 heavy (non-hydrogen) atoms. The Morgan fingerprint density at radius 1 is 1.56 bits per heavy atom. The van der Waals surface area contributed by atoms with Crippen LogP contribution in [-0.2, 0) is 6.42 Å². The maximum atomic E-state index is 11.2. The minimum Gasteiger partial charge on any atom is -0.477 e. The average Bonchev–Trinajstić information content (AvgIpc) is 2.76. The number of hydrogen-bond acceptors (Lipinski definition) is 4. The molecule has 2 rings (SSSR count).